The molecule has 0 nitrogen and oxygen atoms in total. The summed E-state index contributed by atoms with van der Waals surface area (Å²) in [6.45, 7) is 8.79. The molecule has 0 spiro atoms. The lowest BCUT2D eigenvalue weighted by molar-refractivity contribution is 0.866. The highest BCUT2D eigenvalue weighted by Gasteiger charge is 2.02. The van der Waals surface area contributed by atoms with Gasteiger partial charge in [-0.15, -0.1) is 0 Å². The maximum Gasteiger partial charge on any atom is -0.0219 e. The molecular formula is C14H20. The molecule has 0 amide bonds. The van der Waals surface area contributed by atoms with Gasteiger partial charge in [0.15, 0.2) is 0 Å². The normalized spacial score (nSPS) is 12.2. The summed E-state index contributed by atoms with van der Waals surface area (Å²) in [5.41, 5.74) is 4.24. The molecule has 0 unspecified atom stereocenters. The van der Waals surface area contributed by atoms with Crippen molar-refractivity contribution in [1.29, 1.82) is 0 Å². The summed E-state index contributed by atoms with van der Waals surface area (Å²) < 4.78 is 0. The fourth-order valence-electron chi connectivity index (χ4n) is 1.67. The smallest absolute Gasteiger partial charge is 0.0219 e. The van der Waals surface area contributed by atoms with Crippen molar-refractivity contribution in [2.45, 2.75) is 40.0 Å². The van der Waals surface area contributed by atoms with Crippen molar-refractivity contribution in [3.05, 3.63) is 41.5 Å². The zero-order valence-corrected chi connectivity index (χ0v) is 9.67. The Bertz CT molecular complexity index is 319. The maximum absolute atomic E-state index is 2.31. The van der Waals surface area contributed by atoms with Crippen LogP contribution in [0.3, 0.4) is 0 Å². The van der Waals surface area contributed by atoms with Gasteiger partial charge in [-0.1, -0.05) is 51.1 Å². The summed E-state index contributed by atoms with van der Waals surface area (Å²) in [5.74, 6) is 0.616. The molecule has 0 aromatic heterocycles. The van der Waals surface area contributed by atoms with E-state index in [-0.39, 0.29) is 0 Å². The molecule has 0 aliphatic rings. The molecule has 0 N–H and O–H groups in total. The van der Waals surface area contributed by atoms with Crippen molar-refractivity contribution in [3.8, 4) is 0 Å². The van der Waals surface area contributed by atoms with Crippen LogP contribution in [0, 0.1) is 0 Å². The molecule has 0 bridgehead atoms. The highest BCUT2D eigenvalue weighted by Crippen LogP contribution is 2.22. The fraction of sp³-hybridized carbons (Fsp3) is 0.429. The van der Waals surface area contributed by atoms with E-state index in [2.05, 4.69) is 58.0 Å². The van der Waals surface area contributed by atoms with Crippen LogP contribution in [0.4, 0.5) is 0 Å². The molecular weight excluding hydrogens is 168 g/mol. The van der Waals surface area contributed by atoms with Crippen LogP contribution in [0.5, 0.6) is 0 Å². The Hall–Kier alpha value is -1.04. The molecule has 1 aromatic rings. The summed E-state index contributed by atoms with van der Waals surface area (Å²) in [4.78, 5) is 0. The number of benzene rings is 1. The van der Waals surface area contributed by atoms with Crippen molar-refractivity contribution in [2.24, 2.45) is 0 Å². The minimum atomic E-state index is 0.616. The van der Waals surface area contributed by atoms with Crippen LogP contribution in [0.15, 0.2) is 30.3 Å². The van der Waals surface area contributed by atoms with Crippen LogP contribution >= 0.6 is 0 Å². The Kier molecular flexibility index (Phi) is 3.94. The zero-order valence-electron chi connectivity index (χ0n) is 9.67. The molecule has 0 aliphatic heterocycles. The van der Waals surface area contributed by atoms with Gasteiger partial charge in [0.05, 0.1) is 0 Å². The molecule has 0 heterocycles. The van der Waals surface area contributed by atoms with Crippen molar-refractivity contribution in [3.63, 3.8) is 0 Å². The Morgan fingerprint density at radius 3 is 2.57 bits per heavy atom. The lowest BCUT2D eigenvalue weighted by Crippen LogP contribution is -1.89. The molecule has 1 rings (SSSR count). The van der Waals surface area contributed by atoms with Crippen LogP contribution in [-0.2, 0) is 0 Å². The van der Waals surface area contributed by atoms with E-state index in [0.717, 1.165) is 6.42 Å². The van der Waals surface area contributed by atoms with E-state index in [1.54, 1.807) is 0 Å². The van der Waals surface area contributed by atoms with E-state index < -0.39 is 0 Å². The first-order valence-corrected chi connectivity index (χ1v) is 5.44. The minimum absolute atomic E-state index is 0.616. The molecule has 14 heavy (non-hydrogen) atoms. The summed E-state index contributed by atoms with van der Waals surface area (Å²) in [5, 5.41) is 0. The van der Waals surface area contributed by atoms with Gasteiger partial charge in [0, 0.05) is 0 Å². The number of hydrogen-bond donors (Lipinski definition) is 0. The van der Waals surface area contributed by atoms with Crippen LogP contribution in [0.2, 0.25) is 0 Å². The van der Waals surface area contributed by atoms with E-state index >= 15 is 0 Å². The molecule has 0 heteroatoms. The fourth-order valence-corrected chi connectivity index (χ4v) is 1.67. The van der Waals surface area contributed by atoms with Crippen LogP contribution in [0.25, 0.3) is 5.57 Å². The summed E-state index contributed by atoms with van der Waals surface area (Å²) in [6, 6.07) is 8.87. The van der Waals surface area contributed by atoms with Crippen molar-refractivity contribution in [1.82, 2.24) is 0 Å². The average molecular weight is 188 g/mol. The summed E-state index contributed by atoms with van der Waals surface area (Å²) >= 11 is 0. The average Bonchev–Trinajstić information content (AvgIpc) is 2.20. The Labute approximate surface area is 87.7 Å². The standard InChI is InChI=1S/C14H20/c1-5-12(6-2)14-9-7-8-13(10-14)11(3)4/h5,7-11H,6H2,1-4H3/b12-5+. The van der Waals surface area contributed by atoms with Crippen LogP contribution in [-0.4, -0.2) is 0 Å². The molecule has 0 saturated heterocycles. The third kappa shape index (κ3) is 2.47. The minimum Gasteiger partial charge on any atom is -0.0839 e. The lowest BCUT2D eigenvalue weighted by atomic mass is 9.96. The Balaban J connectivity index is 3.05. The van der Waals surface area contributed by atoms with Gasteiger partial charge in [-0.05, 0) is 36.0 Å². The van der Waals surface area contributed by atoms with Crippen molar-refractivity contribution >= 4 is 5.57 Å². The third-order valence-electron chi connectivity index (χ3n) is 2.65. The number of hydrogen-bond acceptors (Lipinski definition) is 0. The first-order valence-electron chi connectivity index (χ1n) is 5.44. The monoisotopic (exact) mass is 188 g/mol. The van der Waals surface area contributed by atoms with Crippen molar-refractivity contribution < 1.29 is 0 Å². The van der Waals surface area contributed by atoms with E-state index in [0.29, 0.717) is 5.92 Å². The van der Waals surface area contributed by atoms with Gasteiger partial charge in [0.25, 0.3) is 0 Å². The van der Waals surface area contributed by atoms with E-state index in [1.165, 1.54) is 16.7 Å². The molecule has 0 radical (unpaired) electrons. The van der Waals surface area contributed by atoms with Crippen LogP contribution < -0.4 is 0 Å². The first-order chi connectivity index (χ1) is 6.69. The van der Waals surface area contributed by atoms with E-state index in [1.807, 2.05) is 0 Å². The first kappa shape index (κ1) is 11.0. The predicted molar refractivity (Wildman–Crippen MR) is 64.5 cm³/mol. The lowest BCUT2D eigenvalue weighted by Gasteiger charge is -2.09. The van der Waals surface area contributed by atoms with Gasteiger partial charge in [0.1, 0.15) is 0 Å². The second kappa shape index (κ2) is 4.99. The molecule has 0 atom stereocenters. The molecule has 76 valence electrons. The molecule has 1 aromatic carbocycles. The van der Waals surface area contributed by atoms with Gasteiger partial charge in [0.2, 0.25) is 0 Å². The quantitative estimate of drug-likeness (QED) is 0.649. The highest BCUT2D eigenvalue weighted by atomic mass is 14.1. The van der Waals surface area contributed by atoms with Gasteiger partial charge in [-0.25, -0.2) is 0 Å². The number of allylic oxidation sites excluding steroid dienone is 2. The van der Waals surface area contributed by atoms with E-state index in [4.69, 9.17) is 0 Å². The summed E-state index contributed by atoms with van der Waals surface area (Å²) in [7, 11) is 0. The van der Waals surface area contributed by atoms with E-state index in [9.17, 15) is 0 Å². The predicted octanol–water partition coefficient (Wildman–Crippen LogP) is 4.62. The van der Waals surface area contributed by atoms with Gasteiger partial charge < -0.3 is 0 Å². The van der Waals surface area contributed by atoms with Gasteiger partial charge in [-0.3, -0.25) is 0 Å². The van der Waals surface area contributed by atoms with Crippen molar-refractivity contribution in [2.75, 3.05) is 0 Å². The maximum atomic E-state index is 2.31. The topological polar surface area (TPSA) is 0 Å². The Morgan fingerprint density at radius 1 is 1.36 bits per heavy atom. The second-order valence-electron chi connectivity index (χ2n) is 3.95. The second-order valence-corrected chi connectivity index (χ2v) is 3.95. The molecule has 0 saturated carbocycles. The van der Waals surface area contributed by atoms with Gasteiger partial charge in [-0.2, -0.15) is 0 Å². The number of rotatable bonds is 3. The molecule has 0 fully saturated rings. The van der Waals surface area contributed by atoms with Crippen LogP contribution in [0.1, 0.15) is 51.2 Å². The Morgan fingerprint density at radius 2 is 2.07 bits per heavy atom. The third-order valence-corrected chi connectivity index (χ3v) is 2.65. The SMILES string of the molecule is C/C=C(\CC)c1cccc(C(C)C)c1. The highest BCUT2D eigenvalue weighted by molar-refractivity contribution is 5.65. The largest absolute Gasteiger partial charge is 0.0839 e. The van der Waals surface area contributed by atoms with Gasteiger partial charge >= 0.3 is 0 Å². The zero-order chi connectivity index (χ0) is 10.6. The summed E-state index contributed by atoms with van der Waals surface area (Å²) in [6.07, 6.45) is 3.32. The molecule has 0 aliphatic carbocycles.